The lowest BCUT2D eigenvalue weighted by atomic mass is 10.3. The molecule has 106 valence electrons. The van der Waals surface area contributed by atoms with E-state index in [2.05, 4.69) is 5.43 Å². The second kappa shape index (κ2) is 5.94. The fraction of sp³-hybridized carbons (Fsp3) is 0.143. The monoisotopic (exact) mass is 291 g/mol. The number of nitrogen functional groups attached to an aromatic ring is 1. The molecule has 0 heterocycles. The first-order chi connectivity index (χ1) is 9.61. The molecule has 3 N–H and O–H groups in total. The van der Waals surface area contributed by atoms with Crippen LogP contribution >= 0.6 is 0 Å². The van der Waals surface area contributed by atoms with E-state index in [0.29, 0.717) is 17.9 Å². The Balaban J connectivity index is 2.53. The van der Waals surface area contributed by atoms with Gasteiger partial charge in [-0.2, -0.15) is 0 Å². The molecule has 0 radical (unpaired) electrons. The summed E-state index contributed by atoms with van der Waals surface area (Å²) in [7, 11) is -3.66. The lowest BCUT2D eigenvalue weighted by Crippen LogP contribution is -2.31. The maximum absolute atomic E-state index is 12.8. The zero-order chi connectivity index (χ0) is 14.6. The van der Waals surface area contributed by atoms with Crippen LogP contribution in [0.2, 0.25) is 0 Å². The average molecular weight is 291 g/mol. The highest BCUT2D eigenvalue weighted by Crippen LogP contribution is 2.27. The first-order valence-corrected chi connectivity index (χ1v) is 7.68. The quantitative estimate of drug-likeness (QED) is 0.654. The molecule has 0 unspecified atom stereocenters. The van der Waals surface area contributed by atoms with Crippen molar-refractivity contribution in [3.63, 3.8) is 0 Å². The number of nitrogens with one attached hydrogen (secondary N) is 1. The summed E-state index contributed by atoms with van der Waals surface area (Å²) in [5.74, 6) is 5.39. The Morgan fingerprint density at radius 3 is 2.25 bits per heavy atom. The van der Waals surface area contributed by atoms with Gasteiger partial charge in [0.2, 0.25) is 0 Å². The Kier molecular flexibility index (Phi) is 4.26. The minimum atomic E-state index is -3.66. The van der Waals surface area contributed by atoms with Gasteiger partial charge in [0.05, 0.1) is 11.4 Å². The van der Waals surface area contributed by atoms with Gasteiger partial charge in [-0.15, -0.1) is 0 Å². The van der Waals surface area contributed by atoms with Gasteiger partial charge in [-0.25, -0.2) is 8.42 Å². The van der Waals surface area contributed by atoms with Crippen LogP contribution in [0.5, 0.6) is 0 Å². The van der Waals surface area contributed by atoms with Crippen LogP contribution in [0.1, 0.15) is 6.92 Å². The number of nitrogens with two attached hydrogens (primary N) is 1. The van der Waals surface area contributed by atoms with Crippen molar-refractivity contribution < 1.29 is 8.42 Å². The summed E-state index contributed by atoms with van der Waals surface area (Å²) in [6.45, 7) is 2.13. The molecule has 20 heavy (non-hydrogen) atoms. The number of rotatable bonds is 5. The number of hydrogen-bond acceptors (Lipinski definition) is 4. The number of hydrogen-bond donors (Lipinski definition) is 2. The van der Waals surface area contributed by atoms with E-state index in [-0.39, 0.29) is 4.90 Å². The van der Waals surface area contributed by atoms with Gasteiger partial charge >= 0.3 is 0 Å². The fourth-order valence-electron chi connectivity index (χ4n) is 2.02. The first-order valence-electron chi connectivity index (χ1n) is 6.24. The van der Waals surface area contributed by atoms with E-state index in [1.165, 1.54) is 10.4 Å². The molecule has 2 aromatic carbocycles. The van der Waals surface area contributed by atoms with Crippen molar-refractivity contribution in [2.24, 2.45) is 5.84 Å². The number of anilines is 2. The van der Waals surface area contributed by atoms with Crippen molar-refractivity contribution in [2.45, 2.75) is 11.8 Å². The molecule has 2 rings (SSSR count). The molecule has 0 saturated heterocycles. The Morgan fingerprint density at radius 1 is 1.05 bits per heavy atom. The summed E-state index contributed by atoms with van der Waals surface area (Å²) in [4.78, 5) is 0.160. The van der Waals surface area contributed by atoms with E-state index < -0.39 is 10.0 Å². The van der Waals surface area contributed by atoms with E-state index in [4.69, 9.17) is 5.84 Å². The first kappa shape index (κ1) is 14.4. The van der Waals surface area contributed by atoms with Gasteiger partial charge in [0.25, 0.3) is 10.0 Å². The van der Waals surface area contributed by atoms with Crippen molar-refractivity contribution in [3.8, 4) is 0 Å². The maximum atomic E-state index is 12.8. The van der Waals surface area contributed by atoms with E-state index in [1.54, 1.807) is 49.4 Å². The van der Waals surface area contributed by atoms with Crippen LogP contribution in [0.15, 0.2) is 59.5 Å². The minimum absolute atomic E-state index is 0.160. The molecule has 6 heteroatoms. The number of benzene rings is 2. The summed E-state index contributed by atoms with van der Waals surface area (Å²) in [6, 6.07) is 15.6. The molecule has 0 fully saturated rings. The summed E-state index contributed by atoms with van der Waals surface area (Å²) < 4.78 is 26.9. The molecule has 2 aromatic rings. The van der Waals surface area contributed by atoms with E-state index in [1.807, 2.05) is 6.07 Å². The lowest BCUT2D eigenvalue weighted by Gasteiger charge is -2.24. The Hall–Kier alpha value is -2.05. The number of para-hydroxylation sites is 2. The molecule has 0 saturated carbocycles. The summed E-state index contributed by atoms with van der Waals surface area (Å²) in [5, 5.41) is 0. The average Bonchev–Trinajstić information content (AvgIpc) is 2.48. The van der Waals surface area contributed by atoms with Crippen LogP contribution in [0.4, 0.5) is 11.4 Å². The Labute approximate surface area is 119 Å². The SMILES string of the molecule is CCN(c1ccccc1)S(=O)(=O)c1ccccc1NN. The molecule has 0 aliphatic rings. The van der Waals surface area contributed by atoms with Gasteiger partial charge in [-0.3, -0.25) is 10.1 Å². The largest absolute Gasteiger partial charge is 0.323 e. The van der Waals surface area contributed by atoms with Gasteiger partial charge in [-0.1, -0.05) is 30.3 Å². The van der Waals surface area contributed by atoms with Gasteiger partial charge in [0.15, 0.2) is 0 Å². The molecule has 0 bridgehead atoms. The molecule has 0 aromatic heterocycles. The van der Waals surface area contributed by atoms with E-state index >= 15 is 0 Å². The molecule has 5 nitrogen and oxygen atoms in total. The van der Waals surface area contributed by atoms with Crippen molar-refractivity contribution in [1.29, 1.82) is 0 Å². The normalized spacial score (nSPS) is 11.1. The molecule has 0 spiro atoms. The summed E-state index contributed by atoms with van der Waals surface area (Å²) in [5.41, 5.74) is 3.43. The number of hydrazine groups is 1. The zero-order valence-corrected chi connectivity index (χ0v) is 12.0. The van der Waals surface area contributed by atoms with Crippen molar-refractivity contribution in [1.82, 2.24) is 0 Å². The van der Waals surface area contributed by atoms with Crippen LogP contribution in [0, 0.1) is 0 Å². The van der Waals surface area contributed by atoms with Crippen LogP contribution in [-0.4, -0.2) is 15.0 Å². The van der Waals surface area contributed by atoms with Crippen LogP contribution < -0.4 is 15.6 Å². The van der Waals surface area contributed by atoms with Gasteiger partial charge in [0.1, 0.15) is 4.90 Å². The maximum Gasteiger partial charge on any atom is 0.266 e. The second-order valence-electron chi connectivity index (χ2n) is 4.15. The highest BCUT2D eigenvalue weighted by Gasteiger charge is 2.25. The van der Waals surface area contributed by atoms with Crippen LogP contribution in [0.3, 0.4) is 0 Å². The third-order valence-electron chi connectivity index (χ3n) is 2.94. The molecule has 0 aliphatic carbocycles. The standard InChI is InChI=1S/C14H17N3O2S/c1-2-17(12-8-4-3-5-9-12)20(18,19)14-11-7-6-10-13(14)16-15/h3-11,16H,2,15H2,1H3. The number of nitrogens with zero attached hydrogens (tertiary/aromatic N) is 1. The van der Waals surface area contributed by atoms with E-state index in [0.717, 1.165) is 0 Å². The van der Waals surface area contributed by atoms with Gasteiger partial charge in [0, 0.05) is 6.54 Å². The highest BCUT2D eigenvalue weighted by molar-refractivity contribution is 7.93. The predicted octanol–water partition coefficient (Wildman–Crippen LogP) is 2.19. The molecule has 0 aliphatic heterocycles. The minimum Gasteiger partial charge on any atom is -0.323 e. The van der Waals surface area contributed by atoms with Gasteiger partial charge < -0.3 is 5.43 Å². The number of sulfonamides is 1. The third kappa shape index (κ3) is 2.61. The topological polar surface area (TPSA) is 75.4 Å². The Bertz CT molecular complexity index is 672. The third-order valence-corrected chi connectivity index (χ3v) is 4.90. The molecular weight excluding hydrogens is 274 g/mol. The highest BCUT2D eigenvalue weighted by atomic mass is 32.2. The van der Waals surface area contributed by atoms with Crippen molar-refractivity contribution >= 4 is 21.4 Å². The molecule has 0 atom stereocenters. The van der Waals surface area contributed by atoms with Gasteiger partial charge in [-0.05, 0) is 31.2 Å². The lowest BCUT2D eigenvalue weighted by molar-refractivity contribution is 0.592. The van der Waals surface area contributed by atoms with Crippen LogP contribution in [0.25, 0.3) is 0 Å². The van der Waals surface area contributed by atoms with E-state index in [9.17, 15) is 8.42 Å². The Morgan fingerprint density at radius 2 is 1.65 bits per heavy atom. The smallest absolute Gasteiger partial charge is 0.266 e. The predicted molar refractivity (Wildman–Crippen MR) is 80.9 cm³/mol. The molecule has 0 amide bonds. The van der Waals surface area contributed by atoms with Crippen molar-refractivity contribution in [3.05, 3.63) is 54.6 Å². The van der Waals surface area contributed by atoms with Crippen molar-refractivity contribution in [2.75, 3.05) is 16.3 Å². The second-order valence-corrected chi connectivity index (χ2v) is 5.98. The summed E-state index contributed by atoms with van der Waals surface area (Å²) in [6.07, 6.45) is 0. The summed E-state index contributed by atoms with van der Waals surface area (Å²) >= 11 is 0. The van der Waals surface area contributed by atoms with Crippen LogP contribution in [-0.2, 0) is 10.0 Å². The fourth-order valence-corrected chi connectivity index (χ4v) is 3.65. The molecular formula is C14H17N3O2S. The zero-order valence-electron chi connectivity index (χ0n) is 11.2.